The second kappa shape index (κ2) is 9.38. The van der Waals surface area contributed by atoms with Crippen LogP contribution in [0.2, 0.25) is 0 Å². The maximum absolute atomic E-state index is 14.4. The van der Waals surface area contributed by atoms with Gasteiger partial charge < -0.3 is 10.3 Å². The number of nitrogens with zero attached hydrogens (tertiary/aromatic N) is 3. The lowest BCUT2D eigenvalue weighted by Gasteiger charge is -2.37. The summed E-state index contributed by atoms with van der Waals surface area (Å²) in [6.07, 6.45) is 1.14. The Morgan fingerprint density at radius 1 is 1.00 bits per heavy atom. The number of Topliss-reactive ketones (excluding diaryl/α,β-unsaturated/α-hetero) is 1. The predicted molar refractivity (Wildman–Crippen MR) is 148 cm³/mol. The Labute approximate surface area is 224 Å². The maximum atomic E-state index is 14.4. The van der Waals surface area contributed by atoms with Gasteiger partial charge in [-0.25, -0.2) is 14.3 Å². The van der Waals surface area contributed by atoms with Crippen LogP contribution in [0.5, 0.6) is 0 Å². The van der Waals surface area contributed by atoms with Gasteiger partial charge in [-0.05, 0) is 23.8 Å². The van der Waals surface area contributed by atoms with E-state index in [1.165, 1.54) is 11.8 Å². The van der Waals surface area contributed by atoms with Crippen LogP contribution in [0, 0.1) is 0 Å². The molecule has 6 rings (SSSR count). The lowest BCUT2D eigenvalue weighted by molar-refractivity contribution is -0.784. The van der Waals surface area contributed by atoms with Gasteiger partial charge in [0, 0.05) is 31.0 Å². The van der Waals surface area contributed by atoms with Crippen molar-refractivity contribution in [2.24, 2.45) is 12.8 Å². The van der Waals surface area contributed by atoms with E-state index in [4.69, 9.17) is 10.7 Å². The van der Waals surface area contributed by atoms with Crippen LogP contribution in [0.1, 0.15) is 34.3 Å². The number of aromatic nitrogens is 2. The third-order valence-corrected chi connectivity index (χ3v) is 8.73. The van der Waals surface area contributed by atoms with Crippen molar-refractivity contribution in [2.75, 3.05) is 12.3 Å². The third-order valence-electron chi connectivity index (χ3n) is 7.72. The highest BCUT2D eigenvalue weighted by Crippen LogP contribution is 2.48. The number of benzene rings is 3. The molecule has 2 N–H and O–H groups in total. The number of carbonyl (C=O) groups excluding carboxylic acids is 3. The van der Waals surface area contributed by atoms with Gasteiger partial charge in [0.2, 0.25) is 0 Å². The van der Waals surface area contributed by atoms with Crippen LogP contribution in [0.15, 0.2) is 84.0 Å². The second-order valence-electron chi connectivity index (χ2n) is 9.74. The van der Waals surface area contributed by atoms with Gasteiger partial charge in [0.25, 0.3) is 5.91 Å². The molecule has 1 unspecified atom stereocenters. The fraction of sp³-hybridized carbons (Fsp3) is 0.200. The summed E-state index contributed by atoms with van der Waals surface area (Å²) in [4.78, 5) is 45.8. The van der Waals surface area contributed by atoms with Crippen LogP contribution >= 0.6 is 11.8 Å². The number of nitrogens with two attached hydrogens (primary N) is 1. The number of rotatable bonds is 6. The highest BCUT2D eigenvalue weighted by Gasteiger charge is 2.57. The first-order valence-electron chi connectivity index (χ1n) is 12.6. The Balaban J connectivity index is 1.50. The average molecular weight is 524 g/mol. The van der Waals surface area contributed by atoms with E-state index in [-0.39, 0.29) is 21.9 Å². The molecule has 8 heteroatoms. The molecule has 0 radical (unpaired) electrons. The molecular formula is C30H27N4O3S+. The van der Waals surface area contributed by atoms with E-state index >= 15 is 0 Å². The number of primary amides is 1. The average Bonchev–Trinajstić information content (AvgIpc) is 3.61. The van der Waals surface area contributed by atoms with Crippen LogP contribution in [0.25, 0.3) is 22.3 Å². The minimum absolute atomic E-state index is 0.0862. The Morgan fingerprint density at radius 2 is 1.68 bits per heavy atom. The first-order chi connectivity index (χ1) is 18.4. The molecule has 190 valence electrons. The summed E-state index contributed by atoms with van der Waals surface area (Å²) in [6, 6.07) is 23.8. The van der Waals surface area contributed by atoms with Gasteiger partial charge in [-0.1, -0.05) is 72.4 Å². The fourth-order valence-electron chi connectivity index (χ4n) is 6.01. The number of amides is 2. The summed E-state index contributed by atoms with van der Waals surface area (Å²) < 4.78 is 1.72. The number of hydrogen-bond donors (Lipinski definition) is 1. The van der Waals surface area contributed by atoms with Gasteiger partial charge in [0.1, 0.15) is 5.75 Å². The van der Waals surface area contributed by atoms with Gasteiger partial charge in [0.05, 0.1) is 23.2 Å². The highest BCUT2D eigenvalue weighted by atomic mass is 32.2. The predicted octanol–water partition coefficient (Wildman–Crippen LogP) is 4.42. The zero-order chi connectivity index (χ0) is 26.4. The van der Waals surface area contributed by atoms with E-state index in [2.05, 4.69) is 0 Å². The number of fused-ring (bicyclic) bond motifs is 2. The second-order valence-corrected chi connectivity index (χ2v) is 10.7. The van der Waals surface area contributed by atoms with Crippen LogP contribution in [0.3, 0.4) is 0 Å². The Morgan fingerprint density at radius 3 is 2.42 bits per heavy atom. The summed E-state index contributed by atoms with van der Waals surface area (Å²) in [6.45, 7) is 0.406. The van der Waals surface area contributed by atoms with Crippen molar-refractivity contribution in [3.8, 4) is 0 Å². The van der Waals surface area contributed by atoms with Crippen molar-refractivity contribution in [1.82, 2.24) is 9.55 Å². The van der Waals surface area contributed by atoms with Crippen molar-refractivity contribution >= 4 is 51.7 Å². The van der Waals surface area contributed by atoms with E-state index < -0.39 is 11.9 Å². The molecule has 2 atom stereocenters. The van der Waals surface area contributed by atoms with Crippen LogP contribution < -0.4 is 5.73 Å². The number of allylic oxidation sites excluding steroid dienone is 1. The molecule has 7 nitrogen and oxygen atoms in total. The number of ketones is 1. The molecule has 2 amide bonds. The molecule has 0 spiro atoms. The molecule has 2 heterocycles. The third kappa shape index (κ3) is 3.63. The Bertz CT molecular complexity index is 1640. The van der Waals surface area contributed by atoms with Crippen molar-refractivity contribution in [3.05, 3.63) is 95.6 Å². The van der Waals surface area contributed by atoms with E-state index in [0.717, 1.165) is 16.6 Å². The first kappa shape index (κ1) is 24.3. The van der Waals surface area contributed by atoms with Gasteiger partial charge >= 0.3 is 5.91 Å². The minimum Gasteiger partial charge on any atom is -0.364 e. The topological polar surface area (TPSA) is 95.0 Å². The number of hydrogen-bond acceptors (Lipinski definition) is 5. The quantitative estimate of drug-likeness (QED) is 0.298. The summed E-state index contributed by atoms with van der Waals surface area (Å²) in [5.74, 6) is -0.732. The summed E-state index contributed by atoms with van der Waals surface area (Å²) in [5.41, 5.74) is 10.8. The number of carbonyl (C=O) groups is 3. The van der Waals surface area contributed by atoms with Crippen LogP contribution in [-0.2, 0) is 16.6 Å². The molecule has 1 saturated heterocycles. The first-order valence-corrected chi connectivity index (χ1v) is 13.6. The zero-order valence-electron chi connectivity index (χ0n) is 21.0. The van der Waals surface area contributed by atoms with E-state index in [1.807, 2.05) is 84.4 Å². The van der Waals surface area contributed by atoms with Gasteiger partial charge in [0.15, 0.2) is 22.7 Å². The summed E-state index contributed by atoms with van der Waals surface area (Å²) in [5, 5.41) is 0.715. The maximum Gasteiger partial charge on any atom is 0.329 e. The van der Waals surface area contributed by atoms with Crippen molar-refractivity contribution in [3.63, 3.8) is 0 Å². The molecule has 2 aliphatic rings. The number of para-hydroxylation sites is 2. The smallest absolute Gasteiger partial charge is 0.329 e. The molecule has 0 saturated carbocycles. The SMILES string of the molecule is Cn1c(SCC(=O)[N+]2(C3=C(c4ccccc4)C(=O)c4ccccc43)CCC[C@H]2C(N)=O)nc2ccccc21. The molecule has 1 fully saturated rings. The normalized spacial score (nSPS) is 20.8. The van der Waals surface area contributed by atoms with Crippen molar-refractivity contribution in [1.29, 1.82) is 0 Å². The molecule has 4 aromatic rings. The monoisotopic (exact) mass is 523 g/mol. The van der Waals surface area contributed by atoms with E-state index in [0.29, 0.717) is 46.9 Å². The van der Waals surface area contributed by atoms with Gasteiger partial charge in [-0.3, -0.25) is 9.59 Å². The summed E-state index contributed by atoms with van der Waals surface area (Å²) in [7, 11) is 1.93. The van der Waals surface area contributed by atoms with E-state index in [1.54, 1.807) is 6.07 Å². The Kier molecular flexibility index (Phi) is 6.01. The minimum atomic E-state index is -0.754. The van der Waals surface area contributed by atoms with Crippen LogP contribution in [-0.4, -0.2) is 50.0 Å². The largest absolute Gasteiger partial charge is 0.364 e. The van der Waals surface area contributed by atoms with Crippen molar-refractivity contribution < 1.29 is 18.9 Å². The highest BCUT2D eigenvalue weighted by molar-refractivity contribution is 7.99. The summed E-state index contributed by atoms with van der Waals surface area (Å²) >= 11 is 1.35. The molecule has 1 aliphatic carbocycles. The number of aryl methyl sites for hydroxylation is 1. The molecule has 3 aromatic carbocycles. The molecule has 38 heavy (non-hydrogen) atoms. The fourth-order valence-corrected chi connectivity index (χ4v) is 6.94. The molecule has 1 aromatic heterocycles. The van der Waals surface area contributed by atoms with E-state index in [9.17, 15) is 14.4 Å². The Hall–Kier alpha value is -4.01. The lowest BCUT2D eigenvalue weighted by atomic mass is 10.00. The molecule has 0 bridgehead atoms. The van der Waals surface area contributed by atoms with Crippen LogP contribution in [0.4, 0.5) is 0 Å². The number of quaternary nitrogens is 1. The standard InChI is InChI=1S/C30H26N4O3S/c1-33-23-15-8-7-14-22(23)32-30(33)38-18-25(35)34(17-9-16-24(34)29(31)37)27-20-12-5-6-13-21(20)28(36)26(27)19-10-3-2-4-11-19/h2-8,10-15,24H,9,16-18H2,1H3,(H-,31,37)/p+1/t24-,34?/m0/s1. The van der Waals surface area contributed by atoms with Gasteiger partial charge in [-0.15, -0.1) is 0 Å². The molecular weight excluding hydrogens is 496 g/mol. The molecule has 1 aliphatic heterocycles. The number of likely N-dealkylation sites (tertiary alicyclic amines) is 1. The number of thioether (sulfide) groups is 1. The lowest BCUT2D eigenvalue weighted by Crippen LogP contribution is -2.59. The van der Waals surface area contributed by atoms with Gasteiger partial charge in [-0.2, -0.15) is 0 Å². The number of imidazole rings is 1. The van der Waals surface area contributed by atoms with Crippen molar-refractivity contribution in [2.45, 2.75) is 24.0 Å². The zero-order valence-corrected chi connectivity index (χ0v) is 21.8.